The van der Waals surface area contributed by atoms with Crippen LogP contribution in [0.5, 0.6) is 0 Å². The zero-order valence-electron chi connectivity index (χ0n) is 23.6. The molecule has 3 saturated carbocycles. The van der Waals surface area contributed by atoms with Crippen molar-refractivity contribution >= 4 is 0 Å². The molecule has 3 N–H and O–H groups in total. The fourth-order valence-corrected chi connectivity index (χ4v) is 7.52. The molecule has 0 saturated heterocycles. The van der Waals surface area contributed by atoms with Crippen molar-refractivity contribution in [2.45, 2.75) is 129 Å². The molecule has 0 bridgehead atoms. The SMILES string of the molecule is C=C1C(CC=C2CCC[C@]3(C)[C@@H]([C@@H](C)C(C#CCC(O)(CC)CC)OCC)CC[C@@H]23)C[C@@H](O)C[C@@H]1O. The maximum Gasteiger partial charge on any atom is 0.121 e. The number of aliphatic hydroxyl groups is 3. The third-order valence-electron chi connectivity index (χ3n) is 10.1. The first-order valence-electron chi connectivity index (χ1n) is 14.6. The molecule has 36 heavy (non-hydrogen) atoms. The molecule has 8 atom stereocenters. The van der Waals surface area contributed by atoms with E-state index in [1.165, 1.54) is 25.7 Å². The molecule has 204 valence electrons. The predicted molar refractivity (Wildman–Crippen MR) is 147 cm³/mol. The van der Waals surface area contributed by atoms with Crippen molar-refractivity contribution in [3.63, 3.8) is 0 Å². The van der Waals surface area contributed by atoms with Gasteiger partial charge in [0.25, 0.3) is 0 Å². The van der Waals surface area contributed by atoms with E-state index in [0.29, 0.717) is 43.6 Å². The number of hydrogen-bond donors (Lipinski definition) is 3. The summed E-state index contributed by atoms with van der Waals surface area (Å²) in [4.78, 5) is 0. The van der Waals surface area contributed by atoms with E-state index in [1.807, 2.05) is 20.8 Å². The second-order valence-electron chi connectivity index (χ2n) is 12.2. The third-order valence-corrected chi connectivity index (χ3v) is 10.1. The molecule has 2 unspecified atom stereocenters. The van der Waals surface area contributed by atoms with Crippen LogP contribution < -0.4 is 0 Å². The van der Waals surface area contributed by atoms with Crippen LogP contribution in [0.25, 0.3) is 0 Å². The molecule has 0 spiro atoms. The Labute approximate surface area is 220 Å². The molecular weight excluding hydrogens is 448 g/mol. The Balaban J connectivity index is 1.73. The number of rotatable bonds is 9. The van der Waals surface area contributed by atoms with E-state index in [0.717, 1.165) is 31.3 Å². The van der Waals surface area contributed by atoms with E-state index < -0.39 is 17.8 Å². The van der Waals surface area contributed by atoms with Gasteiger partial charge in [0, 0.05) is 19.4 Å². The molecule has 3 aliphatic carbocycles. The van der Waals surface area contributed by atoms with Crippen LogP contribution >= 0.6 is 0 Å². The van der Waals surface area contributed by atoms with Crippen molar-refractivity contribution in [3.05, 3.63) is 23.8 Å². The standard InChI is InChI=1S/C32H52O4/c1-7-32(35,8-2)19-11-13-30(36-9-3)23(5)27-16-17-28-24(12-10-18-31(27,28)6)14-15-25-20-26(33)21-29(34)22(25)4/h14,23,25-30,33-35H,4,7-10,12,15-21H2,1-3,5-6H3/t23-,25?,26-,27-,28+,29+,30?,31-/m1/s1. The van der Waals surface area contributed by atoms with E-state index in [2.05, 4.69) is 38.3 Å². The summed E-state index contributed by atoms with van der Waals surface area (Å²) in [6.07, 6.45) is 11.3. The first-order chi connectivity index (χ1) is 17.1. The molecule has 0 radical (unpaired) electrons. The Hall–Kier alpha value is -1.12. The van der Waals surface area contributed by atoms with Gasteiger partial charge in [-0.1, -0.05) is 57.8 Å². The number of aliphatic hydroxyl groups excluding tert-OH is 2. The highest BCUT2D eigenvalue weighted by Gasteiger charge is 2.52. The van der Waals surface area contributed by atoms with Crippen LogP contribution in [0.2, 0.25) is 0 Å². The van der Waals surface area contributed by atoms with Crippen molar-refractivity contribution in [3.8, 4) is 11.8 Å². The number of fused-ring (bicyclic) bond motifs is 1. The summed E-state index contributed by atoms with van der Waals surface area (Å²) in [7, 11) is 0. The minimum absolute atomic E-state index is 0.101. The second kappa shape index (κ2) is 12.6. The molecule has 3 aliphatic rings. The van der Waals surface area contributed by atoms with Crippen molar-refractivity contribution in [2.24, 2.45) is 29.1 Å². The second-order valence-corrected chi connectivity index (χ2v) is 12.2. The van der Waals surface area contributed by atoms with Crippen LogP contribution in [-0.4, -0.2) is 45.8 Å². The van der Waals surface area contributed by atoms with Gasteiger partial charge in [0.05, 0.1) is 17.8 Å². The lowest BCUT2D eigenvalue weighted by Crippen LogP contribution is -2.39. The van der Waals surface area contributed by atoms with Crippen LogP contribution in [-0.2, 0) is 4.74 Å². The van der Waals surface area contributed by atoms with Crippen LogP contribution in [0.4, 0.5) is 0 Å². The van der Waals surface area contributed by atoms with Crippen LogP contribution in [0.3, 0.4) is 0 Å². The van der Waals surface area contributed by atoms with Crippen LogP contribution in [0.15, 0.2) is 23.8 Å². The number of allylic oxidation sites excluding steroid dienone is 2. The van der Waals surface area contributed by atoms with Gasteiger partial charge in [0.15, 0.2) is 0 Å². The fraction of sp³-hybridized carbons (Fsp3) is 0.812. The Morgan fingerprint density at radius 3 is 2.58 bits per heavy atom. The molecule has 3 fully saturated rings. The maximum atomic E-state index is 10.7. The average Bonchev–Trinajstić information content (AvgIpc) is 3.21. The Bertz CT molecular complexity index is 831. The zero-order chi connectivity index (χ0) is 26.5. The molecule has 0 amide bonds. The van der Waals surface area contributed by atoms with Gasteiger partial charge < -0.3 is 20.1 Å². The zero-order valence-corrected chi connectivity index (χ0v) is 23.6. The number of hydrogen-bond acceptors (Lipinski definition) is 4. The van der Waals surface area contributed by atoms with E-state index in [-0.39, 0.29) is 17.4 Å². The summed E-state index contributed by atoms with van der Waals surface area (Å²) in [6.45, 7) is 15.7. The third kappa shape index (κ3) is 6.47. The van der Waals surface area contributed by atoms with E-state index in [1.54, 1.807) is 5.57 Å². The Morgan fingerprint density at radius 2 is 1.92 bits per heavy atom. The van der Waals surface area contributed by atoms with E-state index >= 15 is 0 Å². The lowest BCUT2D eigenvalue weighted by molar-refractivity contribution is 0.00475. The van der Waals surface area contributed by atoms with E-state index in [4.69, 9.17) is 4.74 Å². The van der Waals surface area contributed by atoms with Gasteiger partial charge in [-0.3, -0.25) is 0 Å². The van der Waals surface area contributed by atoms with Crippen molar-refractivity contribution in [1.82, 2.24) is 0 Å². The highest BCUT2D eigenvalue weighted by atomic mass is 16.5. The predicted octanol–water partition coefficient (Wildman–Crippen LogP) is 6.19. The quantitative estimate of drug-likeness (QED) is 0.261. The molecular formula is C32H52O4. The first-order valence-corrected chi connectivity index (χ1v) is 14.6. The minimum atomic E-state index is -0.698. The van der Waals surface area contributed by atoms with Gasteiger partial charge >= 0.3 is 0 Å². The van der Waals surface area contributed by atoms with Gasteiger partial charge in [0.1, 0.15) is 6.10 Å². The van der Waals surface area contributed by atoms with Gasteiger partial charge in [-0.15, -0.1) is 0 Å². The van der Waals surface area contributed by atoms with Crippen LogP contribution in [0, 0.1) is 40.9 Å². The monoisotopic (exact) mass is 500 g/mol. The largest absolute Gasteiger partial charge is 0.393 e. The highest BCUT2D eigenvalue weighted by molar-refractivity contribution is 5.22. The fourth-order valence-electron chi connectivity index (χ4n) is 7.52. The summed E-state index contributed by atoms with van der Waals surface area (Å²) >= 11 is 0. The summed E-state index contributed by atoms with van der Waals surface area (Å²) in [6, 6.07) is 0. The summed E-state index contributed by atoms with van der Waals surface area (Å²) in [5.41, 5.74) is 2.02. The lowest BCUT2D eigenvalue weighted by atomic mass is 9.60. The van der Waals surface area contributed by atoms with Gasteiger partial charge in [-0.2, -0.15) is 0 Å². The smallest absolute Gasteiger partial charge is 0.121 e. The van der Waals surface area contributed by atoms with Crippen molar-refractivity contribution < 1.29 is 20.1 Å². The minimum Gasteiger partial charge on any atom is -0.393 e. The maximum absolute atomic E-state index is 10.7. The van der Waals surface area contributed by atoms with Gasteiger partial charge in [-0.25, -0.2) is 0 Å². The first kappa shape index (κ1) is 29.4. The molecule has 4 nitrogen and oxygen atoms in total. The molecule has 0 aliphatic heterocycles. The van der Waals surface area contributed by atoms with Crippen molar-refractivity contribution in [2.75, 3.05) is 6.61 Å². The molecule has 0 aromatic rings. The summed E-state index contributed by atoms with van der Waals surface area (Å²) in [5.74, 6) is 8.37. The summed E-state index contributed by atoms with van der Waals surface area (Å²) < 4.78 is 6.18. The van der Waals surface area contributed by atoms with Crippen molar-refractivity contribution in [1.29, 1.82) is 0 Å². The molecule has 0 aromatic carbocycles. The Kier molecular flexibility index (Phi) is 10.3. The Morgan fingerprint density at radius 1 is 1.19 bits per heavy atom. The highest BCUT2D eigenvalue weighted by Crippen LogP contribution is 2.60. The van der Waals surface area contributed by atoms with Gasteiger partial charge in [-0.05, 0) is 99.4 Å². The normalized spacial score (nSPS) is 35.7. The number of ether oxygens (including phenoxy) is 1. The molecule has 4 heteroatoms. The molecule has 0 heterocycles. The lowest BCUT2D eigenvalue weighted by Gasteiger charge is -2.45. The summed E-state index contributed by atoms with van der Waals surface area (Å²) in [5, 5.41) is 31.1. The van der Waals surface area contributed by atoms with Gasteiger partial charge in [0.2, 0.25) is 0 Å². The topological polar surface area (TPSA) is 69.9 Å². The average molecular weight is 501 g/mol. The molecule has 0 aromatic heterocycles. The van der Waals surface area contributed by atoms with E-state index in [9.17, 15) is 15.3 Å². The molecule has 3 rings (SSSR count). The van der Waals surface area contributed by atoms with Crippen LogP contribution in [0.1, 0.15) is 105 Å².